The van der Waals surface area contributed by atoms with Crippen LogP contribution < -0.4 is 5.32 Å². The number of likely N-dealkylation sites (tertiary alicyclic amines) is 1. The van der Waals surface area contributed by atoms with E-state index in [0.717, 1.165) is 32.2 Å². The minimum Gasteiger partial charge on any atom is -0.384 e. The molecule has 1 saturated heterocycles. The zero-order valence-corrected chi connectivity index (χ0v) is 10.9. The minimum absolute atomic E-state index is 0.447. The Hall–Kier alpha value is -0.160. The first kappa shape index (κ1) is 13.9. The van der Waals surface area contributed by atoms with Crippen molar-refractivity contribution in [1.82, 2.24) is 10.2 Å². The molecule has 1 aliphatic rings. The number of rotatable bonds is 8. The van der Waals surface area contributed by atoms with Gasteiger partial charge in [-0.1, -0.05) is 0 Å². The quantitative estimate of drug-likeness (QED) is 0.661. The average molecular weight is 230 g/mol. The lowest BCUT2D eigenvalue weighted by Crippen LogP contribution is -2.37. The van der Waals surface area contributed by atoms with Gasteiger partial charge in [0.1, 0.15) is 0 Å². The Kier molecular flexibility index (Phi) is 6.96. The van der Waals surface area contributed by atoms with Gasteiger partial charge < -0.3 is 19.7 Å². The zero-order valence-electron chi connectivity index (χ0n) is 10.9. The molecule has 0 amide bonds. The van der Waals surface area contributed by atoms with E-state index in [-0.39, 0.29) is 0 Å². The van der Waals surface area contributed by atoms with Gasteiger partial charge in [-0.25, -0.2) is 0 Å². The standard InChI is InChI=1S/C12H26N2O2/c1-11(9-15-2)13-5-7-14-6-4-12(8-14)10-16-3/h11-13H,4-10H2,1-3H3. The number of hydrogen-bond donors (Lipinski definition) is 1. The molecule has 2 unspecified atom stereocenters. The molecule has 0 aromatic rings. The van der Waals surface area contributed by atoms with Crippen molar-refractivity contribution in [1.29, 1.82) is 0 Å². The van der Waals surface area contributed by atoms with Gasteiger partial charge in [0, 0.05) is 39.9 Å². The van der Waals surface area contributed by atoms with E-state index in [0.29, 0.717) is 6.04 Å². The summed E-state index contributed by atoms with van der Waals surface area (Å²) in [5.41, 5.74) is 0. The van der Waals surface area contributed by atoms with Crippen molar-refractivity contribution in [3.63, 3.8) is 0 Å². The van der Waals surface area contributed by atoms with Crippen LogP contribution in [0.5, 0.6) is 0 Å². The summed E-state index contributed by atoms with van der Waals surface area (Å²) in [7, 11) is 3.53. The predicted molar refractivity (Wildman–Crippen MR) is 65.8 cm³/mol. The van der Waals surface area contributed by atoms with Crippen molar-refractivity contribution >= 4 is 0 Å². The molecule has 0 aliphatic carbocycles. The number of ether oxygens (including phenoxy) is 2. The van der Waals surface area contributed by atoms with E-state index >= 15 is 0 Å². The van der Waals surface area contributed by atoms with Crippen LogP contribution >= 0.6 is 0 Å². The Morgan fingerprint density at radius 1 is 1.38 bits per heavy atom. The first-order chi connectivity index (χ1) is 7.76. The van der Waals surface area contributed by atoms with Crippen LogP contribution in [0.4, 0.5) is 0 Å². The van der Waals surface area contributed by atoms with Gasteiger partial charge in [-0.05, 0) is 25.8 Å². The first-order valence-corrected chi connectivity index (χ1v) is 6.20. The topological polar surface area (TPSA) is 33.7 Å². The summed E-state index contributed by atoms with van der Waals surface area (Å²) < 4.78 is 10.3. The number of nitrogens with zero attached hydrogens (tertiary/aromatic N) is 1. The van der Waals surface area contributed by atoms with Crippen molar-refractivity contribution in [2.45, 2.75) is 19.4 Å². The largest absolute Gasteiger partial charge is 0.384 e. The van der Waals surface area contributed by atoms with E-state index in [2.05, 4.69) is 17.1 Å². The van der Waals surface area contributed by atoms with Gasteiger partial charge in [0.15, 0.2) is 0 Å². The lowest BCUT2D eigenvalue weighted by atomic mass is 10.1. The Balaban J connectivity index is 2.02. The average Bonchev–Trinajstić information content (AvgIpc) is 2.67. The number of methoxy groups -OCH3 is 2. The molecular formula is C12H26N2O2. The van der Waals surface area contributed by atoms with E-state index in [1.165, 1.54) is 19.5 Å². The van der Waals surface area contributed by atoms with Crippen LogP contribution in [-0.4, -0.2) is 64.6 Å². The van der Waals surface area contributed by atoms with Gasteiger partial charge in [-0.15, -0.1) is 0 Å². The summed E-state index contributed by atoms with van der Waals surface area (Å²) in [5.74, 6) is 0.737. The highest BCUT2D eigenvalue weighted by molar-refractivity contribution is 4.76. The van der Waals surface area contributed by atoms with Crippen molar-refractivity contribution in [2.75, 3.05) is 53.6 Å². The van der Waals surface area contributed by atoms with Crippen LogP contribution in [0.15, 0.2) is 0 Å². The Morgan fingerprint density at radius 3 is 2.88 bits per heavy atom. The maximum Gasteiger partial charge on any atom is 0.0613 e. The molecule has 0 saturated carbocycles. The summed E-state index contributed by atoms with van der Waals surface area (Å²) in [6, 6.07) is 0.447. The highest BCUT2D eigenvalue weighted by atomic mass is 16.5. The Bertz CT molecular complexity index is 178. The van der Waals surface area contributed by atoms with E-state index < -0.39 is 0 Å². The molecule has 4 heteroatoms. The third kappa shape index (κ3) is 5.25. The van der Waals surface area contributed by atoms with E-state index in [4.69, 9.17) is 9.47 Å². The first-order valence-electron chi connectivity index (χ1n) is 6.20. The minimum atomic E-state index is 0.447. The molecule has 16 heavy (non-hydrogen) atoms. The zero-order chi connectivity index (χ0) is 11.8. The molecule has 1 rings (SSSR count). The molecular weight excluding hydrogens is 204 g/mol. The summed E-state index contributed by atoms with van der Waals surface area (Å²) in [5, 5.41) is 3.46. The van der Waals surface area contributed by atoms with Gasteiger partial charge in [-0.3, -0.25) is 0 Å². The molecule has 0 spiro atoms. The molecule has 0 radical (unpaired) electrons. The normalized spacial score (nSPS) is 23.8. The van der Waals surface area contributed by atoms with Crippen LogP contribution in [0, 0.1) is 5.92 Å². The molecule has 1 fully saturated rings. The highest BCUT2D eigenvalue weighted by Crippen LogP contribution is 2.15. The van der Waals surface area contributed by atoms with Crippen LogP contribution in [0.1, 0.15) is 13.3 Å². The van der Waals surface area contributed by atoms with Gasteiger partial charge in [0.05, 0.1) is 13.2 Å². The lowest BCUT2D eigenvalue weighted by molar-refractivity contribution is 0.152. The number of nitrogens with one attached hydrogen (secondary N) is 1. The van der Waals surface area contributed by atoms with Gasteiger partial charge >= 0.3 is 0 Å². The number of hydrogen-bond acceptors (Lipinski definition) is 4. The second-order valence-corrected chi connectivity index (χ2v) is 4.72. The second kappa shape index (κ2) is 8.01. The third-order valence-corrected chi connectivity index (χ3v) is 3.11. The highest BCUT2D eigenvalue weighted by Gasteiger charge is 2.21. The van der Waals surface area contributed by atoms with Crippen molar-refractivity contribution in [3.8, 4) is 0 Å². The molecule has 0 bridgehead atoms. The summed E-state index contributed by atoms with van der Waals surface area (Å²) in [6.07, 6.45) is 1.28. The predicted octanol–water partition coefficient (Wildman–Crippen LogP) is 0.579. The SMILES string of the molecule is COCC1CCN(CCNC(C)COC)C1. The van der Waals surface area contributed by atoms with E-state index in [1.54, 1.807) is 14.2 Å². The van der Waals surface area contributed by atoms with Crippen LogP contribution in [0.25, 0.3) is 0 Å². The third-order valence-electron chi connectivity index (χ3n) is 3.11. The molecule has 1 N–H and O–H groups in total. The Labute approximate surface area is 99.3 Å². The van der Waals surface area contributed by atoms with Crippen molar-refractivity contribution in [2.24, 2.45) is 5.92 Å². The second-order valence-electron chi connectivity index (χ2n) is 4.72. The van der Waals surface area contributed by atoms with Gasteiger partial charge in [-0.2, -0.15) is 0 Å². The van der Waals surface area contributed by atoms with E-state index in [1.807, 2.05) is 0 Å². The lowest BCUT2D eigenvalue weighted by Gasteiger charge is -2.18. The van der Waals surface area contributed by atoms with Gasteiger partial charge in [0.2, 0.25) is 0 Å². The molecule has 0 aromatic carbocycles. The maximum atomic E-state index is 5.19. The fourth-order valence-corrected chi connectivity index (χ4v) is 2.27. The van der Waals surface area contributed by atoms with Crippen LogP contribution in [0.3, 0.4) is 0 Å². The molecule has 2 atom stereocenters. The molecule has 1 heterocycles. The molecule has 1 aliphatic heterocycles. The van der Waals surface area contributed by atoms with Crippen molar-refractivity contribution in [3.05, 3.63) is 0 Å². The van der Waals surface area contributed by atoms with Gasteiger partial charge in [0.25, 0.3) is 0 Å². The van der Waals surface area contributed by atoms with E-state index in [9.17, 15) is 0 Å². The summed E-state index contributed by atoms with van der Waals surface area (Å²) in [4.78, 5) is 2.51. The van der Waals surface area contributed by atoms with Crippen LogP contribution in [-0.2, 0) is 9.47 Å². The molecule has 96 valence electrons. The fraction of sp³-hybridized carbons (Fsp3) is 1.00. The molecule has 4 nitrogen and oxygen atoms in total. The smallest absolute Gasteiger partial charge is 0.0613 e. The molecule has 0 aromatic heterocycles. The van der Waals surface area contributed by atoms with Crippen molar-refractivity contribution < 1.29 is 9.47 Å². The van der Waals surface area contributed by atoms with Crippen LogP contribution in [0.2, 0.25) is 0 Å². The summed E-state index contributed by atoms with van der Waals surface area (Å²) >= 11 is 0. The monoisotopic (exact) mass is 230 g/mol. The fourth-order valence-electron chi connectivity index (χ4n) is 2.27. The maximum absolute atomic E-state index is 5.19. The Morgan fingerprint density at radius 2 is 2.19 bits per heavy atom. The summed E-state index contributed by atoms with van der Waals surface area (Å²) in [6.45, 7) is 8.43.